The Morgan fingerprint density at radius 2 is 1.76 bits per heavy atom. The van der Waals surface area contributed by atoms with Gasteiger partial charge in [-0.15, -0.1) is 0 Å². The van der Waals surface area contributed by atoms with Crippen LogP contribution in [0.25, 0.3) is 28.2 Å². The topological polar surface area (TPSA) is 128 Å². The Kier molecular flexibility index (Phi) is 9.77. The zero-order valence-electron chi connectivity index (χ0n) is 24.9. The molecule has 45 heavy (non-hydrogen) atoms. The van der Waals surface area contributed by atoms with E-state index in [-0.39, 0.29) is 69.1 Å². The van der Waals surface area contributed by atoms with Gasteiger partial charge in [-0.2, -0.15) is 5.10 Å². The molecule has 0 radical (unpaired) electrons. The molecule has 230 valence electrons. The van der Waals surface area contributed by atoms with Gasteiger partial charge in [-0.3, -0.25) is 18.9 Å². The fourth-order valence-electron chi connectivity index (χ4n) is 6.54. The molecule has 2 aliphatic rings. The summed E-state index contributed by atoms with van der Waals surface area (Å²) in [6.45, 7) is 2.54. The maximum absolute atomic E-state index is 14.3. The van der Waals surface area contributed by atoms with Crippen LogP contribution < -0.4 is 11.3 Å². The molecule has 0 bridgehead atoms. The average Bonchev–Trinajstić information content (AvgIpc) is 3.37. The Bertz CT molecular complexity index is 1890. The number of nitrogens with one attached hydrogen (secondary N) is 1. The van der Waals surface area contributed by atoms with Crippen molar-refractivity contribution in [1.29, 1.82) is 0 Å². The van der Waals surface area contributed by atoms with Crippen molar-refractivity contribution in [3.05, 3.63) is 98.5 Å². The van der Waals surface area contributed by atoms with Crippen molar-refractivity contribution in [1.82, 2.24) is 24.3 Å². The van der Waals surface area contributed by atoms with Gasteiger partial charge >= 0.3 is 57.1 Å². The van der Waals surface area contributed by atoms with Gasteiger partial charge in [0.05, 0.1) is 30.2 Å². The third-order valence-corrected chi connectivity index (χ3v) is 9.13. The van der Waals surface area contributed by atoms with E-state index in [4.69, 9.17) is 9.26 Å². The van der Waals surface area contributed by atoms with Gasteiger partial charge in [0.1, 0.15) is 5.65 Å². The van der Waals surface area contributed by atoms with Gasteiger partial charge < -0.3 is 9.84 Å². The molecule has 0 atom stereocenters. The fraction of sp³-hybridized carbons (Fsp3) is 0.412. The number of benzene rings is 2. The summed E-state index contributed by atoms with van der Waals surface area (Å²) in [6.07, 6.45) is 9.15. The van der Waals surface area contributed by atoms with Gasteiger partial charge in [-0.25, -0.2) is 9.31 Å². The molecule has 0 aliphatic heterocycles. The Morgan fingerprint density at radius 3 is 2.42 bits per heavy atom. The van der Waals surface area contributed by atoms with E-state index in [1.54, 1.807) is 6.20 Å². The number of aliphatic hydroxyl groups is 1. The predicted octanol–water partition coefficient (Wildman–Crippen LogP) is 4.43. The molecule has 2 saturated carbocycles. The van der Waals surface area contributed by atoms with Crippen LogP contribution in [-0.4, -0.2) is 99.1 Å². The van der Waals surface area contributed by atoms with Gasteiger partial charge in [-0.05, 0) is 61.6 Å². The van der Waals surface area contributed by atoms with Crippen LogP contribution in [0.1, 0.15) is 74.7 Å². The number of fused-ring (bicyclic) bond motifs is 1. The molecule has 3 aromatic heterocycles. The van der Waals surface area contributed by atoms with E-state index in [2.05, 4.69) is 34.3 Å². The summed E-state index contributed by atoms with van der Waals surface area (Å²) in [4.78, 5) is 28.5. The minimum absolute atomic E-state index is 0. The molecule has 0 unspecified atom stereocenters. The molecule has 0 spiro atoms. The summed E-state index contributed by atoms with van der Waals surface area (Å²) < 4.78 is 14.7. The van der Waals surface area contributed by atoms with Crippen LogP contribution in [-0.2, 0) is 17.6 Å². The van der Waals surface area contributed by atoms with Crippen molar-refractivity contribution in [2.75, 3.05) is 6.61 Å². The van der Waals surface area contributed by atoms with E-state index >= 15 is 0 Å². The van der Waals surface area contributed by atoms with Crippen molar-refractivity contribution >= 4 is 57.0 Å². The van der Waals surface area contributed by atoms with Gasteiger partial charge in [0.25, 0.3) is 5.56 Å². The van der Waals surface area contributed by atoms with E-state index in [9.17, 15) is 14.7 Å². The molecule has 2 aromatic carbocycles. The predicted molar refractivity (Wildman–Crippen MR) is 173 cm³/mol. The number of aromatic nitrogens is 5. The van der Waals surface area contributed by atoms with Crippen molar-refractivity contribution in [3.63, 3.8) is 0 Å². The Labute approximate surface area is 303 Å². The summed E-state index contributed by atoms with van der Waals surface area (Å²) >= 11 is 0. The molecular formula is C34H38KN5O5. The molecule has 5 aromatic rings. The number of ether oxygens (including phenoxy) is 1. The summed E-state index contributed by atoms with van der Waals surface area (Å²) in [5.41, 5.74) is 5.73. The Morgan fingerprint density at radius 1 is 1.02 bits per heavy atom. The SMILES string of the molecule is CCCc1c(Cc2ccc(-c3ccccc3-c3noc(=O)[nH]3)cc2)c(=O)n(C2CCC(OCC3(O)CC3)CC2)c2ccnn12.[KH]. The van der Waals surface area contributed by atoms with E-state index < -0.39 is 11.4 Å². The third-order valence-electron chi connectivity index (χ3n) is 9.13. The summed E-state index contributed by atoms with van der Waals surface area (Å²) in [7, 11) is 0. The van der Waals surface area contributed by atoms with E-state index in [1.165, 1.54) is 0 Å². The van der Waals surface area contributed by atoms with Crippen LogP contribution in [0.15, 0.2) is 74.9 Å². The standard InChI is InChI=1S/C34H37N5O5.K.H/c1-2-5-29-28(20-22-8-10-23(11-9-22)26-6-3-4-7-27(26)31-36-33(41)44-37-31)32(40)38(30-16-19-35-39(29)30)24-12-14-25(15-13-24)43-21-34(42)17-18-34;;/h3-4,6-11,16,19,24-25,42H,2,5,12-15,17-18,20-21H2,1H3,(H,36,37,41);;. The number of rotatable bonds is 10. The summed E-state index contributed by atoms with van der Waals surface area (Å²) in [5.74, 6) is -0.213. The van der Waals surface area contributed by atoms with Gasteiger partial charge in [0.2, 0.25) is 0 Å². The zero-order chi connectivity index (χ0) is 30.3. The number of aromatic amines is 1. The second-order valence-electron chi connectivity index (χ2n) is 12.3. The van der Waals surface area contributed by atoms with Crippen molar-refractivity contribution in [2.45, 2.75) is 82.5 Å². The van der Waals surface area contributed by atoms with Crippen molar-refractivity contribution < 1.29 is 14.4 Å². The van der Waals surface area contributed by atoms with E-state index in [0.29, 0.717) is 18.9 Å². The molecule has 2 fully saturated rings. The monoisotopic (exact) mass is 635 g/mol. The second kappa shape index (κ2) is 13.6. The molecule has 3 heterocycles. The molecule has 11 heteroatoms. The normalized spacial score (nSPS) is 19.0. The van der Waals surface area contributed by atoms with E-state index in [0.717, 1.165) is 90.5 Å². The van der Waals surface area contributed by atoms with Gasteiger partial charge in [0.15, 0.2) is 5.82 Å². The molecular weight excluding hydrogens is 598 g/mol. The summed E-state index contributed by atoms with van der Waals surface area (Å²) in [6, 6.07) is 17.9. The number of hydrogen-bond donors (Lipinski definition) is 2. The fourth-order valence-corrected chi connectivity index (χ4v) is 6.54. The molecule has 2 aliphatic carbocycles. The molecule has 0 amide bonds. The first kappa shape index (κ1) is 32.3. The van der Waals surface area contributed by atoms with Crippen LogP contribution in [0, 0.1) is 0 Å². The number of hydrogen-bond acceptors (Lipinski definition) is 7. The summed E-state index contributed by atoms with van der Waals surface area (Å²) in [5, 5.41) is 18.7. The van der Waals surface area contributed by atoms with Crippen LogP contribution in [0.2, 0.25) is 0 Å². The van der Waals surface area contributed by atoms with Gasteiger partial charge in [-0.1, -0.05) is 67.0 Å². The van der Waals surface area contributed by atoms with Crippen LogP contribution in [0.3, 0.4) is 0 Å². The first-order valence-electron chi connectivity index (χ1n) is 15.6. The maximum atomic E-state index is 14.3. The second-order valence-corrected chi connectivity index (χ2v) is 12.3. The first-order valence-corrected chi connectivity index (χ1v) is 15.6. The van der Waals surface area contributed by atoms with Crippen LogP contribution >= 0.6 is 0 Å². The van der Waals surface area contributed by atoms with Crippen molar-refractivity contribution in [3.8, 4) is 22.5 Å². The number of aryl methyl sites for hydroxylation is 1. The number of H-pyrrole nitrogens is 1. The van der Waals surface area contributed by atoms with Crippen LogP contribution in [0.5, 0.6) is 0 Å². The molecule has 0 saturated heterocycles. The average molecular weight is 636 g/mol. The van der Waals surface area contributed by atoms with Crippen molar-refractivity contribution in [2.24, 2.45) is 0 Å². The molecule has 7 rings (SSSR count). The third kappa shape index (κ3) is 6.76. The zero-order valence-corrected chi connectivity index (χ0v) is 24.9. The van der Waals surface area contributed by atoms with E-state index in [1.807, 2.05) is 51.5 Å². The van der Waals surface area contributed by atoms with Gasteiger partial charge in [0, 0.05) is 29.7 Å². The Hall–Kier alpha value is -2.64. The number of nitrogens with zero attached hydrogens (tertiary/aromatic N) is 4. The van der Waals surface area contributed by atoms with Crippen LogP contribution in [0.4, 0.5) is 0 Å². The molecule has 2 N–H and O–H groups in total. The Balaban J connectivity index is 0.00000357. The first-order chi connectivity index (χ1) is 21.4. The molecule has 10 nitrogen and oxygen atoms in total. The minimum atomic E-state index is -0.611. The quantitative estimate of drug-likeness (QED) is 0.218.